The van der Waals surface area contributed by atoms with Crippen molar-refractivity contribution >= 4 is 11.8 Å². The molecule has 1 aliphatic rings. The maximum atomic E-state index is 12.9. The molecular weight excluding hydrogens is 380 g/mol. The summed E-state index contributed by atoms with van der Waals surface area (Å²) in [5, 5.41) is 3.09. The van der Waals surface area contributed by atoms with Crippen LogP contribution in [-0.4, -0.2) is 44.0 Å². The second-order valence-electron chi connectivity index (χ2n) is 7.80. The Kier molecular flexibility index (Phi) is 6.98. The van der Waals surface area contributed by atoms with E-state index in [1.54, 1.807) is 19.1 Å². The van der Waals surface area contributed by atoms with E-state index in [9.17, 15) is 9.59 Å². The third-order valence-corrected chi connectivity index (χ3v) is 5.64. The van der Waals surface area contributed by atoms with Gasteiger partial charge in [0.15, 0.2) is 11.5 Å². The Morgan fingerprint density at radius 3 is 2.43 bits per heavy atom. The van der Waals surface area contributed by atoms with Crippen LogP contribution < -0.4 is 14.8 Å². The van der Waals surface area contributed by atoms with E-state index in [4.69, 9.17) is 9.47 Å². The van der Waals surface area contributed by atoms with Crippen molar-refractivity contribution < 1.29 is 19.1 Å². The van der Waals surface area contributed by atoms with Crippen molar-refractivity contribution in [3.05, 3.63) is 59.2 Å². The fourth-order valence-electron chi connectivity index (χ4n) is 3.79. The second kappa shape index (κ2) is 9.65. The Morgan fingerprint density at radius 2 is 1.77 bits per heavy atom. The summed E-state index contributed by atoms with van der Waals surface area (Å²) in [7, 11) is 3.18. The lowest BCUT2D eigenvalue weighted by atomic mass is 9.95. The van der Waals surface area contributed by atoms with Gasteiger partial charge in [-0.3, -0.25) is 9.59 Å². The van der Waals surface area contributed by atoms with Crippen molar-refractivity contribution in [2.24, 2.45) is 5.92 Å². The number of aryl methyl sites for hydroxylation is 1. The number of hydrogen-bond donors (Lipinski definition) is 1. The van der Waals surface area contributed by atoms with Gasteiger partial charge in [-0.25, -0.2) is 0 Å². The molecule has 2 amide bonds. The number of nitrogens with zero attached hydrogens (tertiary/aromatic N) is 1. The summed E-state index contributed by atoms with van der Waals surface area (Å²) >= 11 is 0. The smallest absolute Gasteiger partial charge is 0.253 e. The zero-order chi connectivity index (χ0) is 21.7. The molecule has 2 aromatic rings. The maximum Gasteiger partial charge on any atom is 0.253 e. The number of piperidine rings is 1. The zero-order valence-electron chi connectivity index (χ0n) is 18.1. The number of rotatable bonds is 6. The normalized spacial score (nSPS) is 17.2. The van der Waals surface area contributed by atoms with E-state index in [0.717, 1.165) is 24.0 Å². The molecule has 6 heteroatoms. The van der Waals surface area contributed by atoms with Crippen LogP contribution in [0.25, 0.3) is 0 Å². The number of carbonyl (C=O) groups is 2. The lowest BCUT2D eigenvalue weighted by Gasteiger charge is -2.32. The molecule has 0 aromatic heterocycles. The van der Waals surface area contributed by atoms with Crippen LogP contribution in [0.4, 0.5) is 0 Å². The first kappa shape index (κ1) is 21.7. The van der Waals surface area contributed by atoms with Crippen molar-refractivity contribution in [2.45, 2.75) is 32.7 Å². The maximum absolute atomic E-state index is 12.9. The standard InChI is InChI=1S/C24H30N2O4/c1-16-7-9-18(10-8-16)24(28)26-13-5-6-20(15-26)23(27)25-17(2)19-11-12-21(29-3)22(14-19)30-4/h7-12,14,17,20H,5-6,13,15H2,1-4H3,(H,25,27). The minimum absolute atomic E-state index is 0.0135. The van der Waals surface area contributed by atoms with Gasteiger partial charge in [0, 0.05) is 18.7 Å². The first-order valence-electron chi connectivity index (χ1n) is 10.3. The van der Waals surface area contributed by atoms with Crippen LogP contribution in [0, 0.1) is 12.8 Å². The number of methoxy groups -OCH3 is 2. The number of ether oxygens (including phenoxy) is 2. The van der Waals surface area contributed by atoms with Crippen LogP contribution in [0.2, 0.25) is 0 Å². The molecule has 0 radical (unpaired) electrons. The van der Waals surface area contributed by atoms with Crippen molar-refractivity contribution in [1.29, 1.82) is 0 Å². The molecule has 1 aliphatic heterocycles. The molecule has 2 atom stereocenters. The van der Waals surface area contributed by atoms with Crippen LogP contribution in [0.5, 0.6) is 11.5 Å². The summed E-state index contributed by atoms with van der Waals surface area (Å²) in [5.74, 6) is 1.02. The van der Waals surface area contributed by atoms with Gasteiger partial charge in [0.1, 0.15) is 0 Å². The monoisotopic (exact) mass is 410 g/mol. The Hall–Kier alpha value is -3.02. The number of nitrogens with one attached hydrogen (secondary N) is 1. The summed E-state index contributed by atoms with van der Waals surface area (Å²) < 4.78 is 10.6. The van der Waals surface area contributed by atoms with Gasteiger partial charge in [0.2, 0.25) is 5.91 Å². The summed E-state index contributed by atoms with van der Waals surface area (Å²) in [6, 6.07) is 13.0. The van der Waals surface area contributed by atoms with Crippen LogP contribution in [0.1, 0.15) is 47.3 Å². The van der Waals surface area contributed by atoms with E-state index in [0.29, 0.717) is 30.2 Å². The van der Waals surface area contributed by atoms with Gasteiger partial charge >= 0.3 is 0 Å². The molecule has 0 aliphatic carbocycles. The highest BCUT2D eigenvalue weighted by atomic mass is 16.5. The molecule has 0 bridgehead atoms. The lowest BCUT2D eigenvalue weighted by molar-refractivity contribution is -0.127. The molecule has 1 heterocycles. The van der Waals surface area contributed by atoms with Crippen molar-refractivity contribution in [2.75, 3.05) is 27.3 Å². The predicted octanol–water partition coefficient (Wildman–Crippen LogP) is 3.74. The van der Waals surface area contributed by atoms with Gasteiger partial charge in [0.25, 0.3) is 5.91 Å². The largest absolute Gasteiger partial charge is 0.493 e. The average molecular weight is 411 g/mol. The van der Waals surface area contributed by atoms with Gasteiger partial charge in [-0.1, -0.05) is 23.8 Å². The molecular formula is C24H30N2O4. The topological polar surface area (TPSA) is 67.9 Å². The highest BCUT2D eigenvalue weighted by Crippen LogP contribution is 2.30. The third-order valence-electron chi connectivity index (χ3n) is 5.64. The first-order chi connectivity index (χ1) is 14.4. The number of hydrogen-bond acceptors (Lipinski definition) is 4. The predicted molar refractivity (Wildman–Crippen MR) is 116 cm³/mol. The van der Waals surface area contributed by atoms with Gasteiger partial charge in [-0.15, -0.1) is 0 Å². The molecule has 160 valence electrons. The molecule has 1 saturated heterocycles. The van der Waals surface area contributed by atoms with E-state index in [-0.39, 0.29) is 23.8 Å². The summed E-state index contributed by atoms with van der Waals surface area (Å²) in [6.45, 7) is 5.06. The molecule has 3 rings (SSSR count). The van der Waals surface area contributed by atoms with Gasteiger partial charge < -0.3 is 19.7 Å². The Balaban J connectivity index is 1.63. The molecule has 30 heavy (non-hydrogen) atoms. The Labute approximate surface area is 178 Å². The van der Waals surface area contributed by atoms with E-state index in [1.807, 2.05) is 56.3 Å². The Bertz CT molecular complexity index is 895. The molecule has 0 saturated carbocycles. The number of carbonyl (C=O) groups excluding carboxylic acids is 2. The Morgan fingerprint density at radius 1 is 1.07 bits per heavy atom. The molecule has 2 unspecified atom stereocenters. The van der Waals surface area contributed by atoms with Crippen molar-refractivity contribution in [3.63, 3.8) is 0 Å². The van der Waals surface area contributed by atoms with Crippen LogP contribution in [-0.2, 0) is 4.79 Å². The number of amides is 2. The third kappa shape index (κ3) is 4.93. The van der Waals surface area contributed by atoms with E-state index < -0.39 is 0 Å². The molecule has 1 N–H and O–H groups in total. The number of benzene rings is 2. The van der Waals surface area contributed by atoms with Gasteiger partial charge in [-0.2, -0.15) is 0 Å². The van der Waals surface area contributed by atoms with Gasteiger partial charge in [0.05, 0.1) is 26.2 Å². The van der Waals surface area contributed by atoms with E-state index >= 15 is 0 Å². The minimum atomic E-state index is -0.212. The fraction of sp³-hybridized carbons (Fsp3) is 0.417. The van der Waals surface area contributed by atoms with Gasteiger partial charge in [-0.05, 0) is 56.5 Å². The zero-order valence-corrected chi connectivity index (χ0v) is 18.1. The number of likely N-dealkylation sites (tertiary alicyclic amines) is 1. The second-order valence-corrected chi connectivity index (χ2v) is 7.80. The van der Waals surface area contributed by atoms with Crippen LogP contribution in [0.15, 0.2) is 42.5 Å². The van der Waals surface area contributed by atoms with Crippen molar-refractivity contribution in [3.8, 4) is 11.5 Å². The quantitative estimate of drug-likeness (QED) is 0.788. The SMILES string of the molecule is COc1ccc(C(C)NC(=O)C2CCCN(C(=O)c3ccc(C)cc3)C2)cc1OC. The van der Waals surface area contributed by atoms with E-state index in [1.165, 1.54) is 0 Å². The summed E-state index contributed by atoms with van der Waals surface area (Å²) in [6.07, 6.45) is 1.60. The highest BCUT2D eigenvalue weighted by molar-refractivity contribution is 5.94. The molecule has 0 spiro atoms. The minimum Gasteiger partial charge on any atom is -0.493 e. The lowest BCUT2D eigenvalue weighted by Crippen LogP contribution is -2.45. The summed E-state index contributed by atoms with van der Waals surface area (Å²) in [5.41, 5.74) is 2.72. The first-order valence-corrected chi connectivity index (χ1v) is 10.3. The van der Waals surface area contributed by atoms with Crippen LogP contribution >= 0.6 is 0 Å². The molecule has 2 aromatic carbocycles. The van der Waals surface area contributed by atoms with E-state index in [2.05, 4.69) is 5.32 Å². The van der Waals surface area contributed by atoms with Crippen LogP contribution in [0.3, 0.4) is 0 Å². The fourth-order valence-corrected chi connectivity index (χ4v) is 3.79. The van der Waals surface area contributed by atoms with Crippen molar-refractivity contribution in [1.82, 2.24) is 10.2 Å². The molecule has 6 nitrogen and oxygen atoms in total. The average Bonchev–Trinajstić information content (AvgIpc) is 2.78. The highest BCUT2D eigenvalue weighted by Gasteiger charge is 2.29. The summed E-state index contributed by atoms with van der Waals surface area (Å²) in [4.78, 5) is 27.5. The molecule has 1 fully saturated rings.